The number of piperidine rings is 1. The second kappa shape index (κ2) is 12.4. The van der Waals surface area contributed by atoms with Gasteiger partial charge in [-0.25, -0.2) is 9.97 Å². The fourth-order valence-electron chi connectivity index (χ4n) is 6.34. The Hall–Kier alpha value is -3.12. The minimum Gasteiger partial charge on any atom is -0.393 e. The molecule has 0 spiro atoms. The molecule has 12 heteroatoms. The molecule has 1 aromatic carbocycles. The average Bonchev–Trinajstić information content (AvgIpc) is 3.49. The van der Waals surface area contributed by atoms with Crippen molar-refractivity contribution in [3.63, 3.8) is 0 Å². The lowest BCUT2D eigenvalue weighted by Crippen LogP contribution is -2.44. The number of aliphatic hydroxyl groups is 1. The van der Waals surface area contributed by atoms with Crippen LogP contribution in [0.3, 0.4) is 0 Å². The van der Waals surface area contributed by atoms with Crippen LogP contribution in [0, 0.1) is 0 Å². The Morgan fingerprint density at radius 1 is 1.02 bits per heavy atom. The van der Waals surface area contributed by atoms with Gasteiger partial charge in [0.25, 0.3) is 5.91 Å². The van der Waals surface area contributed by atoms with Gasteiger partial charge in [-0.05, 0) is 89.1 Å². The van der Waals surface area contributed by atoms with Gasteiger partial charge >= 0.3 is 6.18 Å². The smallest absolute Gasteiger partial charge is 0.393 e. The van der Waals surface area contributed by atoms with Crippen molar-refractivity contribution in [2.24, 2.45) is 5.73 Å². The number of alkyl halides is 3. The summed E-state index contributed by atoms with van der Waals surface area (Å²) in [5, 5.41) is 16.1. The number of carbonyl (C=O) groups is 1. The molecule has 2 aromatic rings. The Morgan fingerprint density at radius 2 is 1.71 bits per heavy atom. The van der Waals surface area contributed by atoms with Crippen LogP contribution in [0.2, 0.25) is 0 Å². The van der Waals surface area contributed by atoms with Gasteiger partial charge in [-0.15, -0.1) is 0 Å². The molecule has 1 aromatic heterocycles. The number of rotatable bonds is 8. The first-order chi connectivity index (χ1) is 19.6. The SMILES string of the molecule is CCc1nc(C(N)=O)c(Nc2ccc(N3CCC(N4CCCC4)CC3)c(C(F)(F)F)c2)nc1N[C@H]1CC[C@H](O)CC1. The Balaban J connectivity index is 1.39. The molecular formula is C29H40F3N7O2. The number of nitrogens with zero attached hydrogens (tertiary/aromatic N) is 4. The third kappa shape index (κ3) is 6.86. The molecule has 1 aliphatic carbocycles. The lowest BCUT2D eigenvalue weighted by molar-refractivity contribution is -0.137. The van der Waals surface area contributed by atoms with Crippen molar-refractivity contribution in [2.75, 3.05) is 41.7 Å². The summed E-state index contributed by atoms with van der Waals surface area (Å²) in [5.41, 5.74) is 5.57. The first-order valence-electron chi connectivity index (χ1n) is 14.7. The number of likely N-dealkylation sites (tertiary alicyclic amines) is 1. The number of aromatic nitrogens is 2. The molecule has 0 unspecified atom stereocenters. The van der Waals surface area contributed by atoms with Crippen molar-refractivity contribution >= 4 is 28.9 Å². The Morgan fingerprint density at radius 3 is 2.32 bits per heavy atom. The normalized spacial score (nSPS) is 22.6. The predicted molar refractivity (Wildman–Crippen MR) is 153 cm³/mol. The van der Waals surface area contributed by atoms with E-state index in [1.807, 2.05) is 11.8 Å². The van der Waals surface area contributed by atoms with E-state index in [1.165, 1.54) is 18.9 Å². The molecule has 41 heavy (non-hydrogen) atoms. The largest absolute Gasteiger partial charge is 0.418 e. The highest BCUT2D eigenvalue weighted by Crippen LogP contribution is 2.40. The zero-order valence-electron chi connectivity index (χ0n) is 23.5. The minimum atomic E-state index is -4.57. The lowest BCUT2D eigenvalue weighted by Gasteiger charge is -2.38. The molecule has 0 atom stereocenters. The standard InChI is InChI=1S/C29H40F3N7O2/c1-2-23-27(34-18-5-8-21(40)9-6-18)37-28(25(36-23)26(33)41)35-19-7-10-24(22(17-19)29(30,31)32)39-15-11-20(12-16-39)38-13-3-4-14-38/h7,10,17-18,20-21,40H,2-6,8-9,11-16H2,1H3,(H2,33,41)(H2,34,35,37)/t18-,21-. The Labute approximate surface area is 238 Å². The molecule has 9 nitrogen and oxygen atoms in total. The molecule has 0 radical (unpaired) electrons. The molecule has 3 fully saturated rings. The first-order valence-corrected chi connectivity index (χ1v) is 14.7. The maximum atomic E-state index is 14.3. The van der Waals surface area contributed by atoms with Gasteiger partial charge in [-0.1, -0.05) is 6.92 Å². The van der Waals surface area contributed by atoms with E-state index in [2.05, 4.69) is 25.5 Å². The van der Waals surface area contributed by atoms with Gasteiger partial charge in [0.2, 0.25) is 0 Å². The van der Waals surface area contributed by atoms with Crippen LogP contribution in [0.4, 0.5) is 36.2 Å². The van der Waals surface area contributed by atoms with Crippen molar-refractivity contribution < 1.29 is 23.1 Å². The minimum absolute atomic E-state index is 0.000320. The van der Waals surface area contributed by atoms with Crippen LogP contribution in [0.5, 0.6) is 0 Å². The third-order valence-corrected chi connectivity index (χ3v) is 8.60. The van der Waals surface area contributed by atoms with Crippen LogP contribution < -0.4 is 21.3 Å². The zero-order valence-corrected chi connectivity index (χ0v) is 23.5. The Kier molecular flexibility index (Phi) is 8.88. The highest BCUT2D eigenvalue weighted by Gasteiger charge is 2.37. The number of nitrogens with one attached hydrogen (secondary N) is 2. The van der Waals surface area contributed by atoms with E-state index in [9.17, 15) is 23.1 Å². The number of nitrogens with two attached hydrogens (primary N) is 1. The van der Waals surface area contributed by atoms with Crippen LogP contribution in [0.25, 0.3) is 0 Å². The number of aryl methyl sites for hydroxylation is 1. The number of carbonyl (C=O) groups excluding carboxylic acids is 1. The highest BCUT2D eigenvalue weighted by atomic mass is 19.4. The summed E-state index contributed by atoms with van der Waals surface area (Å²) < 4.78 is 42.9. The van der Waals surface area contributed by atoms with Gasteiger partial charge < -0.3 is 31.3 Å². The fourth-order valence-corrected chi connectivity index (χ4v) is 6.34. The molecule has 1 amide bonds. The molecular weight excluding hydrogens is 535 g/mol. The lowest BCUT2D eigenvalue weighted by atomic mass is 9.93. The van der Waals surface area contributed by atoms with E-state index < -0.39 is 17.6 Å². The number of anilines is 4. The molecule has 2 aliphatic heterocycles. The number of aliphatic hydroxyl groups excluding tert-OH is 1. The van der Waals surface area contributed by atoms with Crippen molar-refractivity contribution in [3.8, 4) is 0 Å². The van der Waals surface area contributed by atoms with Gasteiger partial charge in [0.1, 0.15) is 5.82 Å². The molecule has 5 N–H and O–H groups in total. The van der Waals surface area contributed by atoms with Crippen LogP contribution in [-0.4, -0.2) is 70.2 Å². The number of primary amides is 1. The van der Waals surface area contributed by atoms with Crippen molar-refractivity contribution in [2.45, 2.75) is 89.1 Å². The van der Waals surface area contributed by atoms with Gasteiger partial charge in [0.15, 0.2) is 11.5 Å². The third-order valence-electron chi connectivity index (χ3n) is 8.60. The Bertz CT molecular complexity index is 1220. The van der Waals surface area contributed by atoms with Gasteiger partial charge in [-0.3, -0.25) is 4.79 Å². The summed E-state index contributed by atoms with van der Waals surface area (Å²) in [6, 6.07) is 4.63. The number of benzene rings is 1. The maximum absolute atomic E-state index is 14.3. The van der Waals surface area contributed by atoms with Crippen LogP contribution in [-0.2, 0) is 12.6 Å². The summed E-state index contributed by atoms with van der Waals surface area (Å²) in [6.45, 7) is 5.17. The van der Waals surface area contributed by atoms with E-state index in [-0.39, 0.29) is 35.0 Å². The van der Waals surface area contributed by atoms with Crippen LogP contribution >= 0.6 is 0 Å². The number of halogens is 3. The summed E-state index contributed by atoms with van der Waals surface area (Å²) in [5.74, 6) is -0.370. The second-order valence-corrected chi connectivity index (χ2v) is 11.4. The van der Waals surface area contributed by atoms with E-state index in [4.69, 9.17) is 5.73 Å². The second-order valence-electron chi connectivity index (χ2n) is 11.4. The molecule has 0 bridgehead atoms. The topological polar surface area (TPSA) is 120 Å². The molecule has 3 heterocycles. The average molecular weight is 576 g/mol. The monoisotopic (exact) mass is 575 g/mol. The molecule has 5 rings (SSSR count). The van der Waals surface area contributed by atoms with Gasteiger partial charge in [0.05, 0.1) is 17.4 Å². The van der Waals surface area contributed by atoms with E-state index >= 15 is 0 Å². The van der Waals surface area contributed by atoms with Gasteiger partial charge in [-0.2, -0.15) is 13.2 Å². The van der Waals surface area contributed by atoms with Crippen molar-refractivity contribution in [1.82, 2.24) is 14.9 Å². The van der Waals surface area contributed by atoms with Gasteiger partial charge in [0, 0.05) is 36.5 Å². The van der Waals surface area contributed by atoms with E-state index in [1.54, 1.807) is 6.07 Å². The van der Waals surface area contributed by atoms with Crippen LogP contribution in [0.15, 0.2) is 18.2 Å². The predicted octanol–water partition coefficient (Wildman–Crippen LogP) is 4.68. The van der Waals surface area contributed by atoms with E-state index in [0.717, 1.165) is 44.8 Å². The fraction of sp³-hybridized carbons (Fsp3) is 0.621. The molecule has 224 valence electrons. The number of amides is 1. The summed E-state index contributed by atoms with van der Waals surface area (Å²) >= 11 is 0. The number of hydrogen-bond acceptors (Lipinski definition) is 8. The van der Waals surface area contributed by atoms with E-state index in [0.29, 0.717) is 49.9 Å². The highest BCUT2D eigenvalue weighted by molar-refractivity contribution is 5.96. The first kappa shape index (κ1) is 29.4. The number of hydrogen-bond donors (Lipinski definition) is 4. The van der Waals surface area contributed by atoms with Crippen molar-refractivity contribution in [1.29, 1.82) is 0 Å². The summed E-state index contributed by atoms with van der Waals surface area (Å²) in [4.78, 5) is 25.6. The summed E-state index contributed by atoms with van der Waals surface area (Å²) in [6.07, 6.45) is 2.49. The zero-order chi connectivity index (χ0) is 29.1. The molecule has 2 saturated heterocycles. The summed E-state index contributed by atoms with van der Waals surface area (Å²) in [7, 11) is 0. The molecule has 1 saturated carbocycles. The quantitative estimate of drug-likeness (QED) is 0.358. The van der Waals surface area contributed by atoms with Crippen LogP contribution in [0.1, 0.15) is 80.0 Å². The molecule has 3 aliphatic rings. The maximum Gasteiger partial charge on any atom is 0.418 e. The van der Waals surface area contributed by atoms with Crippen molar-refractivity contribution in [3.05, 3.63) is 35.2 Å².